The first-order valence-corrected chi connectivity index (χ1v) is 18.7. The molecular weight excluding hydrogens is 629 g/mol. The first kappa shape index (κ1) is 32.3. The molecule has 0 N–H and O–H groups in total. The molecule has 0 bridgehead atoms. The summed E-state index contributed by atoms with van der Waals surface area (Å²) in [5.74, 6) is 0.534. The highest BCUT2D eigenvalue weighted by atomic mass is 15.1. The van der Waals surface area contributed by atoms with Crippen LogP contribution in [-0.2, 0) is 10.8 Å². The lowest BCUT2D eigenvalue weighted by molar-refractivity contribution is 0.566. The van der Waals surface area contributed by atoms with Crippen LogP contribution in [0.15, 0.2) is 152 Å². The molecule has 3 aliphatic carbocycles. The normalized spacial score (nSPS) is 18.2. The van der Waals surface area contributed by atoms with Gasteiger partial charge in [0.1, 0.15) is 0 Å². The fourth-order valence-corrected chi connectivity index (χ4v) is 9.61. The Balaban J connectivity index is 1.34. The summed E-state index contributed by atoms with van der Waals surface area (Å²) in [6, 6.07) is 38.9. The van der Waals surface area contributed by atoms with Gasteiger partial charge in [0.05, 0.1) is 16.7 Å². The van der Waals surface area contributed by atoms with E-state index in [0.717, 1.165) is 17.8 Å². The number of nitrogens with zero attached hydrogens (tertiary/aromatic N) is 2. The Hall–Kier alpha value is -5.60. The SMILES string of the molecule is C=C/C=C(\C=C/C)n1c2ccccc2c2ccc(N(c3ccc4c(c3)-c3ccccc3C4(C)C)c3cccc4c3C(C)(C)C3=C4C=CC(C)C3)cc21. The molecule has 2 heteroatoms. The Labute approximate surface area is 308 Å². The van der Waals surface area contributed by atoms with Crippen LogP contribution in [0.1, 0.15) is 70.2 Å². The van der Waals surface area contributed by atoms with E-state index in [1.165, 1.54) is 72.1 Å². The van der Waals surface area contributed by atoms with E-state index in [4.69, 9.17) is 0 Å². The van der Waals surface area contributed by atoms with Crippen molar-refractivity contribution in [2.45, 2.75) is 58.8 Å². The fraction of sp³-hybridized carbons (Fsp3) is 0.200. The summed E-state index contributed by atoms with van der Waals surface area (Å²) in [6.07, 6.45) is 14.1. The summed E-state index contributed by atoms with van der Waals surface area (Å²) in [5.41, 5.74) is 18.0. The summed E-state index contributed by atoms with van der Waals surface area (Å²) < 4.78 is 2.39. The zero-order valence-corrected chi connectivity index (χ0v) is 31.2. The second kappa shape index (κ2) is 11.7. The molecule has 1 aromatic heterocycles. The second-order valence-corrected chi connectivity index (χ2v) is 15.9. The highest BCUT2D eigenvalue weighted by molar-refractivity contribution is 6.11. The molecule has 1 heterocycles. The number of hydrogen-bond acceptors (Lipinski definition) is 1. The molecule has 0 saturated heterocycles. The Morgan fingerprint density at radius 1 is 0.750 bits per heavy atom. The van der Waals surface area contributed by atoms with Crippen LogP contribution in [0.3, 0.4) is 0 Å². The van der Waals surface area contributed by atoms with Crippen LogP contribution >= 0.6 is 0 Å². The topological polar surface area (TPSA) is 8.17 Å². The van der Waals surface area contributed by atoms with Gasteiger partial charge in [-0.15, -0.1) is 0 Å². The van der Waals surface area contributed by atoms with Crippen molar-refractivity contribution in [2.75, 3.05) is 4.90 Å². The molecule has 1 atom stereocenters. The molecule has 0 aliphatic heterocycles. The van der Waals surface area contributed by atoms with Crippen LogP contribution in [0.2, 0.25) is 0 Å². The van der Waals surface area contributed by atoms with Crippen LogP contribution in [-0.4, -0.2) is 4.57 Å². The summed E-state index contributed by atoms with van der Waals surface area (Å²) in [4.78, 5) is 2.54. The first-order chi connectivity index (χ1) is 25.1. The third kappa shape index (κ3) is 4.56. The number of fused-ring (bicyclic) bond motifs is 8. The van der Waals surface area contributed by atoms with Crippen LogP contribution in [0.5, 0.6) is 0 Å². The molecule has 0 radical (unpaired) electrons. The van der Waals surface area contributed by atoms with Crippen molar-refractivity contribution in [3.05, 3.63) is 174 Å². The third-order valence-electron chi connectivity index (χ3n) is 12.0. The summed E-state index contributed by atoms with van der Waals surface area (Å²) in [7, 11) is 0. The lowest BCUT2D eigenvalue weighted by Gasteiger charge is -2.34. The minimum absolute atomic E-state index is 0.0577. The Morgan fingerprint density at radius 2 is 1.46 bits per heavy atom. The van der Waals surface area contributed by atoms with E-state index in [1.807, 2.05) is 6.08 Å². The fourth-order valence-electron chi connectivity index (χ4n) is 9.61. The van der Waals surface area contributed by atoms with E-state index in [2.05, 4.69) is 191 Å². The molecule has 0 saturated carbocycles. The van der Waals surface area contributed by atoms with Gasteiger partial charge in [0.15, 0.2) is 0 Å². The number of para-hydroxylation sites is 1. The molecule has 0 spiro atoms. The van der Waals surface area contributed by atoms with Gasteiger partial charge >= 0.3 is 0 Å². The van der Waals surface area contributed by atoms with Crippen LogP contribution < -0.4 is 4.90 Å². The predicted molar refractivity (Wildman–Crippen MR) is 224 cm³/mol. The maximum absolute atomic E-state index is 4.07. The third-order valence-corrected chi connectivity index (χ3v) is 12.0. The number of allylic oxidation sites excluding steroid dienone is 9. The van der Waals surface area contributed by atoms with Crippen LogP contribution in [0, 0.1) is 5.92 Å². The predicted octanol–water partition coefficient (Wildman–Crippen LogP) is 13.8. The van der Waals surface area contributed by atoms with Gasteiger partial charge in [0.2, 0.25) is 0 Å². The van der Waals surface area contributed by atoms with E-state index in [-0.39, 0.29) is 10.8 Å². The number of aromatic nitrogens is 1. The molecule has 256 valence electrons. The van der Waals surface area contributed by atoms with Gasteiger partial charge < -0.3 is 9.47 Å². The van der Waals surface area contributed by atoms with Gasteiger partial charge in [-0.25, -0.2) is 0 Å². The van der Waals surface area contributed by atoms with Gasteiger partial charge in [-0.05, 0) is 107 Å². The summed E-state index contributed by atoms with van der Waals surface area (Å²) >= 11 is 0. The van der Waals surface area contributed by atoms with Crippen molar-refractivity contribution in [2.24, 2.45) is 5.92 Å². The van der Waals surface area contributed by atoms with E-state index in [1.54, 1.807) is 5.57 Å². The Bertz CT molecular complexity index is 2590. The Morgan fingerprint density at radius 3 is 2.29 bits per heavy atom. The standard InChI is InChI=1S/C50H46N2/c1-8-15-33(16-9-2)52-45-21-13-11-18-38(45)39-27-24-35(31-47(39)52)51(34-25-28-43-41(30-34)36-17-10-12-20-42(36)49(43,4)5)46-22-14-19-40-37-26-23-32(3)29-44(37)50(6,7)48(40)46/h8-28,30-32H,1,29H2,2-7H3/b16-9-,33-15+. The Kier molecular flexibility index (Phi) is 7.28. The molecule has 52 heavy (non-hydrogen) atoms. The lowest BCUT2D eigenvalue weighted by atomic mass is 9.76. The summed E-state index contributed by atoms with van der Waals surface area (Å²) in [6.45, 7) is 18.1. The molecular formula is C50H46N2. The lowest BCUT2D eigenvalue weighted by Crippen LogP contribution is -2.23. The van der Waals surface area contributed by atoms with Gasteiger partial charge in [-0.2, -0.15) is 0 Å². The molecule has 6 aromatic rings. The van der Waals surface area contributed by atoms with Crippen molar-refractivity contribution in [3.8, 4) is 11.1 Å². The largest absolute Gasteiger partial charge is 0.310 e. The first-order valence-electron chi connectivity index (χ1n) is 18.7. The van der Waals surface area contributed by atoms with Gasteiger partial charge in [-0.1, -0.05) is 138 Å². The zero-order chi connectivity index (χ0) is 35.9. The maximum Gasteiger partial charge on any atom is 0.0561 e. The maximum atomic E-state index is 4.07. The zero-order valence-electron chi connectivity index (χ0n) is 31.2. The minimum Gasteiger partial charge on any atom is -0.310 e. The van der Waals surface area contributed by atoms with E-state index >= 15 is 0 Å². The van der Waals surface area contributed by atoms with E-state index < -0.39 is 0 Å². The average molecular weight is 675 g/mol. The van der Waals surface area contributed by atoms with Gasteiger partial charge in [0, 0.05) is 38.7 Å². The van der Waals surface area contributed by atoms with Crippen molar-refractivity contribution in [3.63, 3.8) is 0 Å². The molecule has 3 aliphatic rings. The molecule has 0 fully saturated rings. The van der Waals surface area contributed by atoms with Crippen molar-refractivity contribution in [1.82, 2.24) is 4.57 Å². The smallest absolute Gasteiger partial charge is 0.0561 e. The average Bonchev–Trinajstić information content (AvgIpc) is 3.68. The number of rotatable bonds is 6. The van der Waals surface area contributed by atoms with E-state index in [0.29, 0.717) is 5.92 Å². The van der Waals surface area contributed by atoms with Crippen molar-refractivity contribution in [1.29, 1.82) is 0 Å². The quantitative estimate of drug-likeness (QED) is 0.160. The van der Waals surface area contributed by atoms with Crippen LogP contribution in [0.25, 0.3) is 44.2 Å². The van der Waals surface area contributed by atoms with Gasteiger partial charge in [-0.3, -0.25) is 0 Å². The summed E-state index contributed by atoms with van der Waals surface area (Å²) in [5, 5.41) is 2.48. The van der Waals surface area contributed by atoms with Crippen molar-refractivity contribution >= 4 is 50.1 Å². The minimum atomic E-state index is -0.116. The molecule has 0 amide bonds. The van der Waals surface area contributed by atoms with Gasteiger partial charge in [0.25, 0.3) is 0 Å². The molecule has 9 rings (SSSR count). The highest BCUT2D eigenvalue weighted by Crippen LogP contribution is 2.57. The van der Waals surface area contributed by atoms with Crippen molar-refractivity contribution < 1.29 is 0 Å². The number of hydrogen-bond donors (Lipinski definition) is 0. The van der Waals surface area contributed by atoms with E-state index in [9.17, 15) is 0 Å². The monoisotopic (exact) mass is 674 g/mol. The van der Waals surface area contributed by atoms with Crippen LogP contribution in [0.4, 0.5) is 17.1 Å². The number of anilines is 3. The highest BCUT2D eigenvalue weighted by Gasteiger charge is 2.42. The number of benzene rings is 5. The molecule has 5 aromatic carbocycles. The molecule has 2 nitrogen and oxygen atoms in total. The molecule has 1 unspecified atom stereocenters. The second-order valence-electron chi connectivity index (χ2n) is 15.9.